The molecule has 3 rings (SSSR count). The Morgan fingerprint density at radius 2 is 1.69 bits per heavy atom. The van der Waals surface area contributed by atoms with E-state index in [0.29, 0.717) is 11.3 Å². The summed E-state index contributed by atoms with van der Waals surface area (Å²) in [6.07, 6.45) is 0. The lowest BCUT2D eigenvalue weighted by molar-refractivity contribution is -0.385. The van der Waals surface area contributed by atoms with E-state index in [4.69, 9.17) is 4.74 Å². The van der Waals surface area contributed by atoms with Gasteiger partial charge in [-0.1, -0.05) is 29.8 Å². The summed E-state index contributed by atoms with van der Waals surface area (Å²) in [6.45, 7) is 6.75. The van der Waals surface area contributed by atoms with Crippen LogP contribution in [0.2, 0.25) is 0 Å². The molecule has 0 aliphatic heterocycles. The fraction of sp³-hybridized carbons (Fsp3) is 0.269. The standard InChI is InChI=1S/C26H29N3O6S/c1-17-6-13-24(19(3)14-17)20(4)27-26(30)16-28(21-8-10-22(35-5)11-9-21)36(33,34)23-12-7-18(2)25(15-23)29(31)32/h6-15,20H,16H2,1-5H3,(H,27,30). The van der Waals surface area contributed by atoms with Gasteiger partial charge < -0.3 is 10.1 Å². The summed E-state index contributed by atoms with van der Waals surface area (Å²) in [5.41, 5.74) is 3.25. The van der Waals surface area contributed by atoms with E-state index < -0.39 is 27.4 Å². The molecule has 190 valence electrons. The van der Waals surface area contributed by atoms with Gasteiger partial charge >= 0.3 is 0 Å². The van der Waals surface area contributed by atoms with Gasteiger partial charge in [0.15, 0.2) is 0 Å². The molecular weight excluding hydrogens is 482 g/mol. The highest BCUT2D eigenvalue weighted by atomic mass is 32.2. The lowest BCUT2D eigenvalue weighted by atomic mass is 10.0. The topological polar surface area (TPSA) is 119 Å². The number of nitro groups is 1. The van der Waals surface area contributed by atoms with E-state index in [2.05, 4.69) is 5.32 Å². The monoisotopic (exact) mass is 511 g/mol. The summed E-state index contributed by atoms with van der Waals surface area (Å²) >= 11 is 0. The van der Waals surface area contributed by atoms with Crippen molar-refractivity contribution in [2.75, 3.05) is 18.0 Å². The molecule has 0 heterocycles. The number of carbonyl (C=O) groups excluding carboxylic acids is 1. The average Bonchev–Trinajstić information content (AvgIpc) is 2.82. The van der Waals surface area contributed by atoms with E-state index in [1.165, 1.54) is 38.3 Å². The van der Waals surface area contributed by atoms with Gasteiger partial charge in [-0.2, -0.15) is 0 Å². The fourth-order valence-corrected chi connectivity index (χ4v) is 5.39. The largest absolute Gasteiger partial charge is 0.497 e. The second-order valence-electron chi connectivity index (χ2n) is 8.56. The molecule has 1 amide bonds. The van der Waals surface area contributed by atoms with Crippen LogP contribution in [0.15, 0.2) is 65.6 Å². The van der Waals surface area contributed by atoms with Crippen molar-refractivity contribution in [1.29, 1.82) is 0 Å². The average molecular weight is 512 g/mol. The Morgan fingerprint density at radius 3 is 2.28 bits per heavy atom. The van der Waals surface area contributed by atoms with Crippen molar-refractivity contribution in [3.63, 3.8) is 0 Å². The Bertz CT molecular complexity index is 1390. The molecule has 1 unspecified atom stereocenters. The van der Waals surface area contributed by atoms with Crippen molar-refractivity contribution in [3.05, 3.63) is 93.0 Å². The first-order chi connectivity index (χ1) is 16.9. The number of ether oxygens (including phenoxy) is 1. The first-order valence-corrected chi connectivity index (χ1v) is 12.7. The molecule has 0 aliphatic carbocycles. The highest BCUT2D eigenvalue weighted by molar-refractivity contribution is 7.92. The molecule has 0 bridgehead atoms. The zero-order chi connectivity index (χ0) is 26.6. The third-order valence-electron chi connectivity index (χ3n) is 5.88. The fourth-order valence-electron chi connectivity index (χ4n) is 3.94. The van der Waals surface area contributed by atoms with E-state index in [1.54, 1.807) is 12.1 Å². The number of carbonyl (C=O) groups is 1. The molecule has 0 aromatic heterocycles. The third-order valence-corrected chi connectivity index (χ3v) is 7.65. The molecule has 0 fully saturated rings. The highest BCUT2D eigenvalue weighted by Crippen LogP contribution is 2.29. The predicted molar refractivity (Wildman–Crippen MR) is 138 cm³/mol. The second kappa shape index (κ2) is 10.8. The molecule has 1 N–H and O–H groups in total. The minimum atomic E-state index is -4.33. The molecule has 0 radical (unpaired) electrons. The molecule has 10 heteroatoms. The van der Waals surface area contributed by atoms with Gasteiger partial charge in [-0.05, 0) is 69.2 Å². The van der Waals surface area contributed by atoms with Crippen LogP contribution in [0, 0.1) is 30.9 Å². The molecule has 0 aliphatic rings. The predicted octanol–water partition coefficient (Wildman–Crippen LogP) is 4.60. The number of hydrogen-bond donors (Lipinski definition) is 1. The summed E-state index contributed by atoms with van der Waals surface area (Å²) in [6, 6.07) is 15.4. The zero-order valence-electron chi connectivity index (χ0n) is 20.8. The number of methoxy groups -OCH3 is 1. The van der Waals surface area contributed by atoms with Crippen LogP contribution in [0.1, 0.15) is 35.2 Å². The van der Waals surface area contributed by atoms with E-state index in [9.17, 15) is 23.3 Å². The van der Waals surface area contributed by atoms with Gasteiger partial charge in [0.1, 0.15) is 12.3 Å². The lowest BCUT2D eigenvalue weighted by Crippen LogP contribution is -2.41. The molecular formula is C26H29N3O6S. The summed E-state index contributed by atoms with van der Waals surface area (Å²) in [4.78, 5) is 23.6. The number of rotatable bonds is 9. The zero-order valence-corrected chi connectivity index (χ0v) is 21.6. The van der Waals surface area contributed by atoms with Crippen LogP contribution in [0.4, 0.5) is 11.4 Å². The van der Waals surface area contributed by atoms with Crippen LogP contribution in [0.25, 0.3) is 0 Å². The van der Waals surface area contributed by atoms with E-state index >= 15 is 0 Å². The number of nitrogens with one attached hydrogen (secondary N) is 1. The van der Waals surface area contributed by atoms with Crippen LogP contribution in [0.5, 0.6) is 5.75 Å². The number of aryl methyl sites for hydroxylation is 3. The van der Waals surface area contributed by atoms with Crippen LogP contribution >= 0.6 is 0 Å². The van der Waals surface area contributed by atoms with Crippen molar-refractivity contribution in [2.45, 2.75) is 38.6 Å². The number of sulfonamides is 1. The van der Waals surface area contributed by atoms with Crippen molar-refractivity contribution in [3.8, 4) is 5.75 Å². The van der Waals surface area contributed by atoms with E-state index in [0.717, 1.165) is 27.1 Å². The lowest BCUT2D eigenvalue weighted by Gasteiger charge is -2.25. The Kier molecular flexibility index (Phi) is 7.99. The van der Waals surface area contributed by atoms with Gasteiger partial charge in [0.25, 0.3) is 15.7 Å². The van der Waals surface area contributed by atoms with Crippen LogP contribution < -0.4 is 14.4 Å². The minimum absolute atomic E-state index is 0.216. The molecule has 0 saturated heterocycles. The molecule has 3 aromatic rings. The Labute approximate surface area is 210 Å². The number of nitro benzene ring substituents is 1. The molecule has 36 heavy (non-hydrogen) atoms. The van der Waals surface area contributed by atoms with Crippen LogP contribution in [-0.2, 0) is 14.8 Å². The third kappa shape index (κ3) is 5.83. The molecule has 3 aromatic carbocycles. The summed E-state index contributed by atoms with van der Waals surface area (Å²) < 4.78 is 33.4. The van der Waals surface area contributed by atoms with Crippen molar-refractivity contribution < 1.29 is 22.9 Å². The second-order valence-corrected chi connectivity index (χ2v) is 10.4. The van der Waals surface area contributed by atoms with Gasteiger partial charge in [-0.3, -0.25) is 19.2 Å². The Balaban J connectivity index is 1.97. The Hall–Kier alpha value is -3.92. The maximum Gasteiger partial charge on any atom is 0.273 e. The van der Waals surface area contributed by atoms with Gasteiger partial charge in [-0.15, -0.1) is 0 Å². The molecule has 1 atom stereocenters. The number of anilines is 1. The van der Waals surface area contributed by atoms with E-state index in [-0.39, 0.29) is 22.3 Å². The normalized spacial score (nSPS) is 12.0. The summed E-state index contributed by atoms with van der Waals surface area (Å²) in [5, 5.41) is 14.3. The van der Waals surface area contributed by atoms with Crippen LogP contribution in [-0.4, -0.2) is 32.9 Å². The summed E-state index contributed by atoms with van der Waals surface area (Å²) in [5.74, 6) is -0.0153. The minimum Gasteiger partial charge on any atom is -0.497 e. The maximum atomic E-state index is 13.6. The van der Waals surface area contributed by atoms with Gasteiger partial charge in [0, 0.05) is 11.6 Å². The SMILES string of the molecule is COc1ccc(N(CC(=O)NC(C)c2ccc(C)cc2C)S(=O)(=O)c2ccc(C)c([N+](=O)[O-])c2)cc1. The number of benzene rings is 3. The van der Waals surface area contributed by atoms with Gasteiger partial charge in [0.2, 0.25) is 5.91 Å². The number of hydrogen-bond acceptors (Lipinski definition) is 6. The first-order valence-electron chi connectivity index (χ1n) is 11.2. The molecule has 0 saturated carbocycles. The maximum absolute atomic E-state index is 13.6. The van der Waals surface area contributed by atoms with Gasteiger partial charge in [0.05, 0.1) is 28.7 Å². The smallest absolute Gasteiger partial charge is 0.273 e. The number of amides is 1. The van der Waals surface area contributed by atoms with Crippen molar-refractivity contribution >= 4 is 27.3 Å². The van der Waals surface area contributed by atoms with E-state index in [1.807, 2.05) is 39.0 Å². The van der Waals surface area contributed by atoms with Crippen LogP contribution in [0.3, 0.4) is 0 Å². The van der Waals surface area contributed by atoms with Gasteiger partial charge in [-0.25, -0.2) is 8.42 Å². The Morgan fingerprint density at radius 1 is 1.03 bits per heavy atom. The molecule has 0 spiro atoms. The van der Waals surface area contributed by atoms with Crippen molar-refractivity contribution in [2.24, 2.45) is 0 Å². The van der Waals surface area contributed by atoms with Crippen molar-refractivity contribution in [1.82, 2.24) is 5.32 Å². The summed E-state index contributed by atoms with van der Waals surface area (Å²) in [7, 11) is -2.85. The quantitative estimate of drug-likeness (QED) is 0.331. The highest BCUT2D eigenvalue weighted by Gasteiger charge is 2.30. The first kappa shape index (κ1) is 26.7. The number of nitrogens with zero attached hydrogens (tertiary/aromatic N) is 2. The molecule has 9 nitrogen and oxygen atoms in total.